The molecule has 0 amide bonds. The average molecular weight is 514 g/mol. The third-order valence-corrected chi connectivity index (χ3v) is 6.15. The molecule has 0 unspecified atom stereocenters. The lowest BCUT2D eigenvalue weighted by Gasteiger charge is -2.28. The van der Waals surface area contributed by atoms with Gasteiger partial charge in [0.15, 0.2) is 0 Å². The summed E-state index contributed by atoms with van der Waals surface area (Å²) in [7, 11) is 0. The number of carbonyl (C=O) groups is 2. The van der Waals surface area contributed by atoms with Crippen LogP contribution in [0.25, 0.3) is 0 Å². The van der Waals surface area contributed by atoms with Gasteiger partial charge in [-0.25, -0.2) is 9.59 Å². The van der Waals surface area contributed by atoms with Crippen molar-refractivity contribution >= 4 is 11.9 Å². The first-order valence-corrected chi connectivity index (χ1v) is 11.0. The lowest BCUT2D eigenvalue weighted by molar-refractivity contribution is -0.193. The van der Waals surface area contributed by atoms with E-state index < -0.39 is 24.3 Å². The predicted molar refractivity (Wildman–Crippen MR) is 110 cm³/mol. The Kier molecular flexibility index (Phi) is 9.90. The van der Waals surface area contributed by atoms with Crippen LogP contribution in [0.1, 0.15) is 37.8 Å². The van der Waals surface area contributed by atoms with Gasteiger partial charge in [0, 0.05) is 37.9 Å². The smallest absolute Gasteiger partial charge is 0.475 e. The molecule has 1 saturated heterocycles. The predicted octanol–water partition coefficient (Wildman–Crippen LogP) is 4.38. The molecule has 35 heavy (non-hydrogen) atoms. The van der Waals surface area contributed by atoms with Gasteiger partial charge in [0.2, 0.25) is 0 Å². The van der Waals surface area contributed by atoms with E-state index in [0.717, 1.165) is 31.6 Å². The van der Waals surface area contributed by atoms with E-state index in [-0.39, 0.29) is 0 Å². The number of alkyl halides is 6. The highest BCUT2D eigenvalue weighted by Crippen LogP contribution is 2.49. The van der Waals surface area contributed by atoms with Gasteiger partial charge in [-0.05, 0) is 49.7 Å². The van der Waals surface area contributed by atoms with Crippen LogP contribution in [-0.2, 0) is 20.9 Å². The van der Waals surface area contributed by atoms with Crippen molar-refractivity contribution in [3.63, 3.8) is 0 Å². The summed E-state index contributed by atoms with van der Waals surface area (Å²) in [6.45, 7) is 5.45. The molecule has 4 rings (SSSR count). The Balaban J connectivity index is 0.000000257. The SMILES string of the molecule is O=C(O)C(F)(F)F.O=C(O)C(F)(F)F.c1ccc(CN2C[C@H]3CCC[C@@]3(COCC3CC3)C2)nc1. The van der Waals surface area contributed by atoms with Crippen molar-refractivity contribution in [1.29, 1.82) is 0 Å². The Morgan fingerprint density at radius 3 is 2.14 bits per heavy atom. The number of aliphatic carboxylic acids is 2. The summed E-state index contributed by atoms with van der Waals surface area (Å²) in [5.74, 6) is -3.78. The maximum absolute atomic E-state index is 10.6. The van der Waals surface area contributed by atoms with E-state index in [9.17, 15) is 26.3 Å². The zero-order chi connectivity index (χ0) is 26.3. The summed E-state index contributed by atoms with van der Waals surface area (Å²) < 4.78 is 69.6. The molecule has 3 fully saturated rings. The quantitative estimate of drug-likeness (QED) is 0.544. The van der Waals surface area contributed by atoms with Gasteiger partial charge >= 0.3 is 24.3 Å². The highest BCUT2D eigenvalue weighted by molar-refractivity contribution is 5.73. The molecule has 1 aliphatic heterocycles. The number of halogens is 6. The molecule has 0 aromatic carbocycles. The average Bonchev–Trinajstić information content (AvgIpc) is 3.40. The molecule has 3 aliphatic rings. The van der Waals surface area contributed by atoms with Gasteiger partial charge in [0.05, 0.1) is 12.3 Å². The fraction of sp³-hybridized carbons (Fsp3) is 0.682. The van der Waals surface area contributed by atoms with Crippen molar-refractivity contribution in [2.45, 2.75) is 51.0 Å². The molecule has 2 N–H and O–H groups in total. The number of ether oxygens (including phenoxy) is 1. The lowest BCUT2D eigenvalue weighted by Crippen LogP contribution is -2.32. The molecule has 2 saturated carbocycles. The molecule has 1 aromatic rings. The molecule has 0 bridgehead atoms. The molecule has 2 heterocycles. The van der Waals surface area contributed by atoms with Crippen LogP contribution in [0.15, 0.2) is 24.4 Å². The van der Waals surface area contributed by atoms with Gasteiger partial charge in [-0.1, -0.05) is 12.5 Å². The van der Waals surface area contributed by atoms with Gasteiger partial charge in [0.25, 0.3) is 0 Å². The van der Waals surface area contributed by atoms with Crippen molar-refractivity contribution in [3.8, 4) is 0 Å². The second-order valence-corrected chi connectivity index (χ2v) is 9.01. The van der Waals surface area contributed by atoms with Crippen LogP contribution in [-0.4, -0.2) is 70.7 Å². The second-order valence-electron chi connectivity index (χ2n) is 9.01. The van der Waals surface area contributed by atoms with Crippen LogP contribution in [0.2, 0.25) is 0 Å². The van der Waals surface area contributed by atoms with Gasteiger partial charge in [-0.15, -0.1) is 0 Å². The molecule has 13 heteroatoms. The van der Waals surface area contributed by atoms with E-state index in [4.69, 9.17) is 24.5 Å². The zero-order valence-corrected chi connectivity index (χ0v) is 18.8. The number of hydrogen-bond acceptors (Lipinski definition) is 5. The number of likely N-dealkylation sites (tertiary alicyclic amines) is 1. The van der Waals surface area contributed by atoms with E-state index in [0.29, 0.717) is 5.41 Å². The Labute approximate surface area is 198 Å². The number of nitrogens with zero attached hydrogens (tertiary/aromatic N) is 2. The number of carboxylic acids is 2. The minimum absolute atomic E-state index is 0.448. The summed E-state index contributed by atoms with van der Waals surface area (Å²) in [4.78, 5) is 24.9. The minimum Gasteiger partial charge on any atom is -0.475 e. The molecule has 1 aromatic heterocycles. The summed E-state index contributed by atoms with van der Waals surface area (Å²) in [5, 5.41) is 14.2. The first kappa shape index (κ1) is 28.8. The van der Waals surface area contributed by atoms with Gasteiger partial charge in [-0.2, -0.15) is 26.3 Å². The van der Waals surface area contributed by atoms with E-state index in [1.807, 2.05) is 12.3 Å². The van der Waals surface area contributed by atoms with Crippen molar-refractivity contribution in [3.05, 3.63) is 30.1 Å². The number of carboxylic acid groups (broad SMARTS) is 2. The first-order chi connectivity index (χ1) is 16.2. The van der Waals surface area contributed by atoms with Crippen LogP contribution < -0.4 is 0 Å². The number of pyridine rings is 1. The number of rotatable bonds is 6. The van der Waals surface area contributed by atoms with Crippen LogP contribution in [0.3, 0.4) is 0 Å². The van der Waals surface area contributed by atoms with Gasteiger partial charge < -0.3 is 14.9 Å². The zero-order valence-electron chi connectivity index (χ0n) is 18.8. The van der Waals surface area contributed by atoms with Crippen molar-refractivity contribution in [2.24, 2.45) is 17.3 Å². The standard InChI is InChI=1S/C18H26N2O.2C2HF3O2/c1-2-9-19-17(5-1)11-20-10-16-4-3-8-18(16,13-20)14-21-12-15-6-7-15;2*3-2(4,5)1(6)7/h1-2,5,9,15-16H,3-4,6-8,10-14H2;2*(H,6,7)/t16-,18+;;/m1../s1. The van der Waals surface area contributed by atoms with Crippen LogP contribution >= 0.6 is 0 Å². The van der Waals surface area contributed by atoms with Crippen molar-refractivity contribution in [2.75, 3.05) is 26.3 Å². The lowest BCUT2D eigenvalue weighted by atomic mass is 9.81. The van der Waals surface area contributed by atoms with E-state index in [2.05, 4.69) is 22.0 Å². The topological polar surface area (TPSA) is 100.0 Å². The Bertz CT molecular complexity index is 808. The molecule has 7 nitrogen and oxygen atoms in total. The third-order valence-electron chi connectivity index (χ3n) is 6.15. The minimum atomic E-state index is -5.08. The molecule has 2 aliphatic carbocycles. The number of fused-ring (bicyclic) bond motifs is 1. The third kappa shape index (κ3) is 9.63. The summed E-state index contributed by atoms with van der Waals surface area (Å²) >= 11 is 0. The van der Waals surface area contributed by atoms with Gasteiger partial charge in [-0.3, -0.25) is 9.88 Å². The highest BCUT2D eigenvalue weighted by atomic mass is 19.4. The highest BCUT2D eigenvalue weighted by Gasteiger charge is 2.49. The number of hydrogen-bond donors (Lipinski definition) is 2. The fourth-order valence-electron chi connectivity index (χ4n) is 4.32. The van der Waals surface area contributed by atoms with E-state index in [1.54, 1.807) is 0 Å². The molecule has 0 spiro atoms. The maximum atomic E-state index is 10.6. The molecular formula is C22H28F6N2O5. The largest absolute Gasteiger partial charge is 0.490 e. The van der Waals surface area contributed by atoms with E-state index in [1.165, 1.54) is 50.9 Å². The maximum Gasteiger partial charge on any atom is 0.490 e. The van der Waals surface area contributed by atoms with Crippen molar-refractivity contribution < 1.29 is 50.9 Å². The van der Waals surface area contributed by atoms with Crippen LogP contribution in [0.4, 0.5) is 26.3 Å². The normalized spacial score (nSPS) is 24.0. The monoisotopic (exact) mass is 514 g/mol. The first-order valence-electron chi connectivity index (χ1n) is 11.0. The van der Waals surface area contributed by atoms with Crippen LogP contribution in [0, 0.1) is 17.3 Å². The number of aromatic nitrogens is 1. The van der Waals surface area contributed by atoms with Crippen molar-refractivity contribution in [1.82, 2.24) is 9.88 Å². The summed E-state index contributed by atoms with van der Waals surface area (Å²) in [5.41, 5.74) is 1.65. The summed E-state index contributed by atoms with van der Waals surface area (Å²) in [6, 6.07) is 6.23. The fourth-order valence-corrected chi connectivity index (χ4v) is 4.32. The Morgan fingerprint density at radius 1 is 1.06 bits per heavy atom. The second kappa shape index (κ2) is 12.0. The van der Waals surface area contributed by atoms with Crippen LogP contribution in [0.5, 0.6) is 0 Å². The van der Waals surface area contributed by atoms with E-state index >= 15 is 0 Å². The van der Waals surface area contributed by atoms with Gasteiger partial charge in [0.1, 0.15) is 0 Å². The molecule has 198 valence electrons. The Hall–Kier alpha value is -2.41. The molecule has 0 radical (unpaired) electrons. The summed E-state index contributed by atoms with van der Waals surface area (Å²) in [6.07, 6.45) is -1.33. The Morgan fingerprint density at radius 2 is 1.66 bits per heavy atom. The molecule has 2 atom stereocenters. The molecular weight excluding hydrogens is 486 g/mol.